The number of benzene rings is 1. The van der Waals surface area contributed by atoms with Gasteiger partial charge >= 0.3 is 0 Å². The van der Waals surface area contributed by atoms with Crippen LogP contribution < -0.4 is 10.1 Å². The van der Waals surface area contributed by atoms with E-state index in [0.717, 1.165) is 18.2 Å². The van der Waals surface area contributed by atoms with E-state index in [1.165, 1.54) is 37.2 Å². The molecule has 1 saturated heterocycles. The molecule has 0 aliphatic carbocycles. The summed E-state index contributed by atoms with van der Waals surface area (Å²) in [5, 5.41) is 3.57. The zero-order chi connectivity index (χ0) is 13.0. The van der Waals surface area contributed by atoms with Gasteiger partial charge < -0.3 is 15.0 Å². The molecular formula is C15H24N2O. The summed E-state index contributed by atoms with van der Waals surface area (Å²) in [6.07, 6.45) is 2.61. The number of methoxy groups -OCH3 is 1. The van der Waals surface area contributed by atoms with Crippen LogP contribution in [0.1, 0.15) is 18.4 Å². The predicted octanol–water partition coefficient (Wildman–Crippen LogP) is 2.76. The summed E-state index contributed by atoms with van der Waals surface area (Å²) >= 11 is 0. The van der Waals surface area contributed by atoms with Crippen molar-refractivity contribution in [1.82, 2.24) is 4.90 Å². The van der Waals surface area contributed by atoms with Crippen LogP contribution in [0.15, 0.2) is 18.2 Å². The molecule has 0 saturated carbocycles. The zero-order valence-electron chi connectivity index (χ0n) is 11.7. The predicted molar refractivity (Wildman–Crippen MR) is 76.4 cm³/mol. The highest BCUT2D eigenvalue weighted by Crippen LogP contribution is 2.22. The third-order valence-electron chi connectivity index (χ3n) is 3.85. The summed E-state index contributed by atoms with van der Waals surface area (Å²) < 4.78 is 5.22. The van der Waals surface area contributed by atoms with Gasteiger partial charge in [0.25, 0.3) is 0 Å². The molecule has 0 aromatic heterocycles. The average molecular weight is 248 g/mol. The first-order valence-electron chi connectivity index (χ1n) is 6.76. The van der Waals surface area contributed by atoms with Crippen molar-refractivity contribution in [2.75, 3.05) is 39.1 Å². The number of aryl methyl sites for hydroxylation is 1. The number of anilines is 1. The van der Waals surface area contributed by atoms with Gasteiger partial charge in [-0.05, 0) is 69.6 Å². The third-order valence-corrected chi connectivity index (χ3v) is 3.85. The van der Waals surface area contributed by atoms with E-state index in [2.05, 4.69) is 36.3 Å². The first-order chi connectivity index (χ1) is 8.69. The molecule has 100 valence electrons. The Kier molecular flexibility index (Phi) is 4.48. The van der Waals surface area contributed by atoms with E-state index in [-0.39, 0.29) is 0 Å². The SMILES string of the molecule is COc1ccc(NCC2CCN(C)CC2)c(C)c1. The van der Waals surface area contributed by atoms with Crippen LogP contribution in [0.5, 0.6) is 5.75 Å². The molecule has 1 fully saturated rings. The molecule has 3 heteroatoms. The number of nitrogens with zero attached hydrogens (tertiary/aromatic N) is 1. The minimum atomic E-state index is 0.808. The van der Waals surface area contributed by atoms with Crippen LogP contribution in [0.4, 0.5) is 5.69 Å². The van der Waals surface area contributed by atoms with Crippen molar-refractivity contribution in [1.29, 1.82) is 0 Å². The maximum Gasteiger partial charge on any atom is 0.119 e. The van der Waals surface area contributed by atoms with Crippen LogP contribution in [0.3, 0.4) is 0 Å². The lowest BCUT2D eigenvalue weighted by Gasteiger charge is -2.29. The number of nitrogens with one attached hydrogen (secondary N) is 1. The smallest absolute Gasteiger partial charge is 0.119 e. The molecule has 3 nitrogen and oxygen atoms in total. The van der Waals surface area contributed by atoms with E-state index in [1.54, 1.807) is 7.11 Å². The van der Waals surface area contributed by atoms with Crippen molar-refractivity contribution < 1.29 is 4.74 Å². The molecular weight excluding hydrogens is 224 g/mol. The molecule has 1 heterocycles. The van der Waals surface area contributed by atoms with Crippen LogP contribution in [0, 0.1) is 12.8 Å². The van der Waals surface area contributed by atoms with Crippen LogP contribution in [-0.4, -0.2) is 38.7 Å². The number of hydrogen-bond acceptors (Lipinski definition) is 3. The summed E-state index contributed by atoms with van der Waals surface area (Å²) in [5.74, 6) is 1.74. The molecule has 1 aromatic carbocycles. The van der Waals surface area contributed by atoms with E-state index in [9.17, 15) is 0 Å². The van der Waals surface area contributed by atoms with Crippen LogP contribution in [-0.2, 0) is 0 Å². The Labute approximate surface area is 110 Å². The third kappa shape index (κ3) is 3.39. The van der Waals surface area contributed by atoms with Gasteiger partial charge in [-0.2, -0.15) is 0 Å². The van der Waals surface area contributed by atoms with Gasteiger partial charge in [0, 0.05) is 12.2 Å². The Balaban J connectivity index is 1.86. The number of likely N-dealkylation sites (tertiary alicyclic amines) is 1. The van der Waals surface area contributed by atoms with E-state index in [1.807, 2.05) is 6.07 Å². The quantitative estimate of drug-likeness (QED) is 0.886. The summed E-state index contributed by atoms with van der Waals surface area (Å²) in [4.78, 5) is 2.41. The van der Waals surface area contributed by atoms with Gasteiger partial charge in [-0.15, -0.1) is 0 Å². The molecule has 0 spiro atoms. The topological polar surface area (TPSA) is 24.5 Å². The second-order valence-corrected chi connectivity index (χ2v) is 5.31. The van der Waals surface area contributed by atoms with Gasteiger partial charge in [-0.3, -0.25) is 0 Å². The second-order valence-electron chi connectivity index (χ2n) is 5.31. The molecule has 18 heavy (non-hydrogen) atoms. The van der Waals surface area contributed by atoms with E-state index in [0.29, 0.717) is 0 Å². The van der Waals surface area contributed by atoms with Crippen molar-refractivity contribution in [2.24, 2.45) is 5.92 Å². The van der Waals surface area contributed by atoms with Crippen LogP contribution >= 0.6 is 0 Å². The highest BCUT2D eigenvalue weighted by molar-refractivity contribution is 5.53. The zero-order valence-corrected chi connectivity index (χ0v) is 11.7. The molecule has 1 aromatic rings. The highest BCUT2D eigenvalue weighted by atomic mass is 16.5. The first kappa shape index (κ1) is 13.2. The second kappa shape index (κ2) is 6.10. The molecule has 0 amide bonds. The lowest BCUT2D eigenvalue weighted by molar-refractivity contribution is 0.226. The van der Waals surface area contributed by atoms with Crippen molar-refractivity contribution in [3.05, 3.63) is 23.8 Å². The van der Waals surface area contributed by atoms with Crippen LogP contribution in [0.25, 0.3) is 0 Å². The molecule has 1 aliphatic heterocycles. The molecule has 1 aliphatic rings. The van der Waals surface area contributed by atoms with Crippen LogP contribution in [0.2, 0.25) is 0 Å². The minimum absolute atomic E-state index is 0.808. The van der Waals surface area contributed by atoms with Crippen molar-refractivity contribution >= 4 is 5.69 Å². The largest absolute Gasteiger partial charge is 0.497 e. The minimum Gasteiger partial charge on any atom is -0.497 e. The molecule has 0 unspecified atom stereocenters. The normalized spacial score (nSPS) is 17.7. The van der Waals surface area contributed by atoms with Crippen molar-refractivity contribution in [2.45, 2.75) is 19.8 Å². The Bertz CT molecular complexity index is 384. The first-order valence-corrected chi connectivity index (χ1v) is 6.76. The molecule has 2 rings (SSSR count). The molecule has 0 radical (unpaired) electrons. The Morgan fingerprint density at radius 2 is 2.06 bits per heavy atom. The van der Waals surface area contributed by atoms with E-state index >= 15 is 0 Å². The highest BCUT2D eigenvalue weighted by Gasteiger charge is 2.16. The standard InChI is InChI=1S/C15H24N2O/c1-12-10-14(18-3)4-5-15(12)16-11-13-6-8-17(2)9-7-13/h4-5,10,13,16H,6-9,11H2,1-3H3. The lowest BCUT2D eigenvalue weighted by Crippen LogP contribution is -2.33. The number of piperidine rings is 1. The van der Waals surface area contributed by atoms with Crippen molar-refractivity contribution in [3.8, 4) is 5.75 Å². The molecule has 0 bridgehead atoms. The molecule has 1 N–H and O–H groups in total. The fourth-order valence-electron chi connectivity index (χ4n) is 2.48. The van der Waals surface area contributed by atoms with Gasteiger partial charge in [0.1, 0.15) is 5.75 Å². The average Bonchev–Trinajstić information content (AvgIpc) is 2.39. The summed E-state index contributed by atoms with van der Waals surface area (Å²) in [6, 6.07) is 6.21. The Hall–Kier alpha value is -1.22. The number of ether oxygens (including phenoxy) is 1. The number of hydrogen-bond donors (Lipinski definition) is 1. The Morgan fingerprint density at radius 3 is 2.67 bits per heavy atom. The van der Waals surface area contributed by atoms with Gasteiger partial charge in [0.2, 0.25) is 0 Å². The lowest BCUT2D eigenvalue weighted by atomic mass is 9.97. The number of rotatable bonds is 4. The van der Waals surface area contributed by atoms with Gasteiger partial charge in [-0.25, -0.2) is 0 Å². The molecule has 0 atom stereocenters. The van der Waals surface area contributed by atoms with Gasteiger partial charge in [0.05, 0.1) is 7.11 Å². The summed E-state index contributed by atoms with van der Waals surface area (Å²) in [6.45, 7) is 5.67. The van der Waals surface area contributed by atoms with Crippen molar-refractivity contribution in [3.63, 3.8) is 0 Å². The maximum absolute atomic E-state index is 5.22. The fourth-order valence-corrected chi connectivity index (χ4v) is 2.48. The summed E-state index contributed by atoms with van der Waals surface area (Å²) in [7, 11) is 3.91. The Morgan fingerprint density at radius 1 is 1.33 bits per heavy atom. The summed E-state index contributed by atoms with van der Waals surface area (Å²) in [5.41, 5.74) is 2.48. The van der Waals surface area contributed by atoms with E-state index in [4.69, 9.17) is 4.74 Å². The van der Waals surface area contributed by atoms with Gasteiger partial charge in [-0.1, -0.05) is 0 Å². The van der Waals surface area contributed by atoms with E-state index < -0.39 is 0 Å². The van der Waals surface area contributed by atoms with Gasteiger partial charge in [0.15, 0.2) is 0 Å². The monoisotopic (exact) mass is 248 g/mol. The maximum atomic E-state index is 5.22. The fraction of sp³-hybridized carbons (Fsp3) is 0.600.